The number of fused-ring (bicyclic) bond motifs is 2. The minimum absolute atomic E-state index is 0.198. The van der Waals surface area contributed by atoms with Crippen LogP contribution >= 0.6 is 0 Å². The van der Waals surface area contributed by atoms with Crippen molar-refractivity contribution >= 4 is 28.2 Å². The van der Waals surface area contributed by atoms with E-state index in [0.29, 0.717) is 24.5 Å². The number of anilines is 2. The molecule has 0 bridgehead atoms. The fourth-order valence-corrected chi connectivity index (χ4v) is 4.28. The summed E-state index contributed by atoms with van der Waals surface area (Å²) in [7, 11) is 0. The molecular formula is C26H22N6O2. The maximum Gasteiger partial charge on any atom is 0.267 e. The van der Waals surface area contributed by atoms with Gasteiger partial charge in [0.25, 0.3) is 5.91 Å². The molecule has 2 aromatic heterocycles. The lowest BCUT2D eigenvalue weighted by Gasteiger charge is -2.35. The summed E-state index contributed by atoms with van der Waals surface area (Å²) in [5.74, 6) is 0.498. The number of aromatic amines is 1. The van der Waals surface area contributed by atoms with E-state index in [2.05, 4.69) is 37.6 Å². The molecule has 3 aromatic carbocycles. The van der Waals surface area contributed by atoms with E-state index in [0.717, 1.165) is 27.8 Å². The summed E-state index contributed by atoms with van der Waals surface area (Å²) < 4.78 is 7.93. The molecule has 0 spiro atoms. The molecule has 0 saturated carbocycles. The van der Waals surface area contributed by atoms with Crippen LogP contribution in [0.5, 0.6) is 5.75 Å². The third kappa shape index (κ3) is 3.75. The Morgan fingerprint density at radius 3 is 2.79 bits per heavy atom. The van der Waals surface area contributed by atoms with E-state index in [-0.39, 0.29) is 5.91 Å². The molecule has 1 amide bonds. The van der Waals surface area contributed by atoms with Crippen LogP contribution in [0.4, 0.5) is 11.4 Å². The van der Waals surface area contributed by atoms with Gasteiger partial charge >= 0.3 is 0 Å². The van der Waals surface area contributed by atoms with Crippen LogP contribution in [0.15, 0.2) is 91.4 Å². The van der Waals surface area contributed by atoms with E-state index in [1.807, 2.05) is 71.5 Å². The summed E-state index contributed by atoms with van der Waals surface area (Å²) in [6.07, 6.45) is 4.76. The van der Waals surface area contributed by atoms with E-state index in [1.54, 1.807) is 12.4 Å². The van der Waals surface area contributed by atoms with Crippen LogP contribution in [0.25, 0.3) is 16.6 Å². The molecule has 6 rings (SSSR count). The number of benzene rings is 3. The summed E-state index contributed by atoms with van der Waals surface area (Å²) >= 11 is 0. The molecule has 168 valence electrons. The van der Waals surface area contributed by atoms with Crippen molar-refractivity contribution in [1.82, 2.24) is 20.0 Å². The zero-order chi connectivity index (χ0) is 22.9. The molecule has 1 unspecified atom stereocenters. The quantitative estimate of drug-likeness (QED) is 0.420. The molecule has 0 saturated heterocycles. The molecule has 8 nitrogen and oxygen atoms in total. The Hall–Kier alpha value is -4.59. The zero-order valence-corrected chi connectivity index (χ0v) is 18.3. The van der Waals surface area contributed by atoms with E-state index < -0.39 is 6.10 Å². The molecule has 8 heteroatoms. The first-order valence-electron chi connectivity index (χ1n) is 11.1. The molecule has 1 aliphatic rings. The molecule has 2 N–H and O–H groups in total. The van der Waals surface area contributed by atoms with E-state index in [1.165, 1.54) is 0 Å². The van der Waals surface area contributed by atoms with Gasteiger partial charge in [-0.15, -0.1) is 0 Å². The number of hydrogen-bond donors (Lipinski definition) is 2. The van der Waals surface area contributed by atoms with Gasteiger partial charge in [-0.1, -0.05) is 36.4 Å². The first-order valence-corrected chi connectivity index (χ1v) is 11.1. The van der Waals surface area contributed by atoms with Crippen LogP contribution in [0.2, 0.25) is 0 Å². The average molecular weight is 451 g/mol. The lowest BCUT2D eigenvalue weighted by atomic mass is 10.1. The van der Waals surface area contributed by atoms with Gasteiger partial charge in [0, 0.05) is 24.3 Å². The van der Waals surface area contributed by atoms with Crippen molar-refractivity contribution in [2.75, 3.05) is 16.8 Å². The lowest BCUT2D eigenvalue weighted by molar-refractivity contribution is -0.122. The van der Waals surface area contributed by atoms with Crippen molar-refractivity contribution in [1.29, 1.82) is 0 Å². The second-order valence-electron chi connectivity index (χ2n) is 8.20. The molecule has 1 atom stereocenters. The summed E-state index contributed by atoms with van der Waals surface area (Å²) in [6, 6.07) is 23.7. The predicted molar refractivity (Wildman–Crippen MR) is 130 cm³/mol. The van der Waals surface area contributed by atoms with Crippen molar-refractivity contribution in [2.24, 2.45) is 0 Å². The monoisotopic (exact) mass is 450 g/mol. The normalized spacial score (nSPS) is 15.1. The van der Waals surface area contributed by atoms with Crippen LogP contribution in [0.1, 0.15) is 5.56 Å². The third-order valence-electron chi connectivity index (χ3n) is 5.97. The number of nitrogens with one attached hydrogen (secondary N) is 2. The van der Waals surface area contributed by atoms with Crippen molar-refractivity contribution in [2.45, 2.75) is 12.6 Å². The molecule has 1 aliphatic heterocycles. The first-order chi connectivity index (χ1) is 16.7. The maximum absolute atomic E-state index is 13.2. The van der Waals surface area contributed by atoms with Crippen LogP contribution in [0.3, 0.4) is 0 Å². The number of para-hydroxylation sites is 3. The van der Waals surface area contributed by atoms with Gasteiger partial charge < -0.3 is 15.0 Å². The molecule has 3 heterocycles. The molecule has 34 heavy (non-hydrogen) atoms. The van der Waals surface area contributed by atoms with Gasteiger partial charge in [-0.25, -0.2) is 4.68 Å². The van der Waals surface area contributed by atoms with Crippen LogP contribution < -0.4 is 15.0 Å². The van der Waals surface area contributed by atoms with Gasteiger partial charge in [-0.3, -0.25) is 9.89 Å². The highest BCUT2D eigenvalue weighted by Crippen LogP contribution is 2.34. The van der Waals surface area contributed by atoms with Crippen molar-refractivity contribution in [3.05, 3.63) is 97.0 Å². The van der Waals surface area contributed by atoms with Gasteiger partial charge in [0.15, 0.2) is 6.10 Å². The topological polar surface area (TPSA) is 88.1 Å². The summed E-state index contributed by atoms with van der Waals surface area (Å²) in [5, 5.41) is 15.2. The second-order valence-corrected chi connectivity index (χ2v) is 8.20. The maximum atomic E-state index is 13.2. The Kier molecular flexibility index (Phi) is 4.95. The summed E-state index contributed by atoms with van der Waals surface area (Å²) in [4.78, 5) is 15.4. The van der Waals surface area contributed by atoms with Crippen molar-refractivity contribution < 1.29 is 9.53 Å². The number of ether oxygens (including phenoxy) is 1. The van der Waals surface area contributed by atoms with Crippen LogP contribution in [0, 0.1) is 0 Å². The fraction of sp³-hybridized carbons (Fsp3) is 0.115. The minimum atomic E-state index is -0.656. The Morgan fingerprint density at radius 1 is 1.06 bits per heavy atom. The number of carbonyl (C=O) groups excluding carboxylic acids is 1. The number of amides is 1. The van der Waals surface area contributed by atoms with E-state index >= 15 is 0 Å². The third-order valence-corrected chi connectivity index (χ3v) is 5.97. The van der Waals surface area contributed by atoms with Crippen molar-refractivity contribution in [3.8, 4) is 11.4 Å². The number of carbonyl (C=O) groups is 1. The number of H-pyrrole nitrogens is 1. The van der Waals surface area contributed by atoms with Gasteiger partial charge in [-0.2, -0.15) is 10.2 Å². The fourth-order valence-electron chi connectivity index (χ4n) is 4.28. The van der Waals surface area contributed by atoms with Gasteiger partial charge in [-0.05, 0) is 42.0 Å². The predicted octanol–water partition coefficient (Wildman–Crippen LogP) is 4.15. The van der Waals surface area contributed by atoms with E-state index in [4.69, 9.17) is 4.74 Å². The number of rotatable bonds is 5. The first kappa shape index (κ1) is 20.0. The largest absolute Gasteiger partial charge is 0.477 e. The van der Waals surface area contributed by atoms with E-state index in [9.17, 15) is 4.79 Å². The summed E-state index contributed by atoms with van der Waals surface area (Å²) in [6.45, 7) is 1.09. The van der Waals surface area contributed by atoms with Crippen LogP contribution in [-0.4, -0.2) is 38.5 Å². The highest BCUT2D eigenvalue weighted by atomic mass is 16.5. The number of hydrogen-bond acceptors (Lipinski definition) is 5. The Balaban J connectivity index is 1.23. The number of nitrogens with zero attached hydrogens (tertiary/aromatic N) is 4. The highest BCUT2D eigenvalue weighted by molar-refractivity contribution is 6.02. The smallest absolute Gasteiger partial charge is 0.267 e. The van der Waals surface area contributed by atoms with Crippen molar-refractivity contribution in [3.63, 3.8) is 0 Å². The molecular weight excluding hydrogens is 428 g/mol. The van der Waals surface area contributed by atoms with Gasteiger partial charge in [0.05, 0.1) is 35.3 Å². The second kappa shape index (κ2) is 8.40. The zero-order valence-electron chi connectivity index (χ0n) is 18.3. The molecule has 0 fully saturated rings. The molecule has 0 radical (unpaired) electrons. The SMILES string of the molecule is O=C(Nc1cccc2cn[nH]c12)C1CN(Cc2ccc(-n3cccn3)cc2)c2ccccc2O1. The van der Waals surface area contributed by atoms with Gasteiger partial charge in [0.2, 0.25) is 0 Å². The minimum Gasteiger partial charge on any atom is -0.477 e. The standard InChI is InChI=1S/C26H22N6O2/c33-26(29-21-6-3-5-19-15-27-30-25(19)21)24-17-31(22-7-1-2-8-23(22)34-24)16-18-9-11-20(12-10-18)32-14-4-13-28-32/h1-15,24H,16-17H2,(H,27,30)(H,29,33). The molecule has 5 aromatic rings. The Morgan fingerprint density at radius 2 is 1.94 bits per heavy atom. The van der Waals surface area contributed by atoms with Crippen LogP contribution in [-0.2, 0) is 11.3 Å². The number of aromatic nitrogens is 4. The average Bonchev–Trinajstić information content (AvgIpc) is 3.57. The highest BCUT2D eigenvalue weighted by Gasteiger charge is 2.31. The Labute approximate surface area is 195 Å². The lowest BCUT2D eigenvalue weighted by Crippen LogP contribution is -2.46. The summed E-state index contributed by atoms with van der Waals surface area (Å²) in [5.41, 5.74) is 4.58. The van der Waals surface area contributed by atoms with Gasteiger partial charge in [0.1, 0.15) is 5.75 Å². The Bertz CT molecular complexity index is 1440. The molecule has 0 aliphatic carbocycles.